The summed E-state index contributed by atoms with van der Waals surface area (Å²) in [5.74, 6) is -1.59. The van der Waals surface area contributed by atoms with Gasteiger partial charge < -0.3 is 34.2 Å². The molecule has 648 valence electrons. The molecule has 0 fully saturated rings. The molecular weight excluding hydrogens is 1460 g/mol. The molecule has 0 aliphatic heterocycles. The van der Waals surface area contributed by atoms with Gasteiger partial charge in [0.05, 0.1) is 26.4 Å². The average Bonchev–Trinajstić information content (AvgIpc) is 0.903. The first-order chi connectivity index (χ1) is 55.2. The van der Waals surface area contributed by atoms with E-state index in [0.717, 1.165) is 180 Å². The lowest BCUT2D eigenvalue weighted by molar-refractivity contribution is -0.161. The molecule has 0 aromatic carbocycles. The molecule has 0 aromatic heterocycles. The number of allylic oxidation sites excluding steroid dienone is 26. The van der Waals surface area contributed by atoms with Crippen molar-refractivity contribution < 1.29 is 75.8 Å². The lowest BCUT2D eigenvalue weighted by Gasteiger charge is -2.21. The van der Waals surface area contributed by atoms with Crippen LogP contribution in [0.4, 0.5) is 0 Å². The predicted molar refractivity (Wildman–Crippen MR) is 472 cm³/mol. The molecular formula is C95H162O16P2. The summed E-state index contributed by atoms with van der Waals surface area (Å²) in [4.78, 5) is 59.0. The molecule has 0 saturated carbocycles. The van der Waals surface area contributed by atoms with Gasteiger partial charge in [0.25, 0.3) is 0 Å². The van der Waals surface area contributed by atoms with Gasteiger partial charge >= 0.3 is 33.6 Å². The molecule has 0 aliphatic carbocycles. The van der Waals surface area contributed by atoms with Crippen LogP contribution in [0.3, 0.4) is 0 Å². The van der Waals surface area contributed by atoms with Crippen LogP contribution in [0.15, 0.2) is 158 Å². The molecule has 0 amide bonds. The molecule has 0 radical (unpaired) electrons. The fourth-order valence-electron chi connectivity index (χ4n) is 11.9. The zero-order chi connectivity index (χ0) is 82.2. The molecule has 0 aliphatic rings. The van der Waals surface area contributed by atoms with Crippen molar-refractivity contribution in [2.24, 2.45) is 0 Å². The number of carbonyl (C=O) groups is 3. The highest BCUT2D eigenvalue weighted by molar-refractivity contribution is 7.47. The molecule has 0 rings (SSSR count). The molecule has 4 N–H and O–H groups in total. The number of aliphatic hydroxyl groups is 2. The Morgan fingerprint density at radius 2 is 0.469 bits per heavy atom. The van der Waals surface area contributed by atoms with Gasteiger partial charge in [0.1, 0.15) is 25.4 Å². The molecule has 113 heavy (non-hydrogen) atoms. The number of carbonyl (C=O) groups excluding carboxylic acids is 3. The zero-order valence-electron chi connectivity index (χ0n) is 71.3. The Hall–Kier alpha value is -4.83. The highest BCUT2D eigenvalue weighted by Gasteiger charge is 2.29. The van der Waals surface area contributed by atoms with Gasteiger partial charge in [-0.05, 0) is 154 Å². The number of unbranched alkanes of at least 4 members (excludes halogenated alkanes) is 35. The van der Waals surface area contributed by atoms with Crippen LogP contribution in [-0.2, 0) is 55.8 Å². The van der Waals surface area contributed by atoms with E-state index in [-0.39, 0.29) is 19.3 Å². The second kappa shape index (κ2) is 86.5. The largest absolute Gasteiger partial charge is 0.472 e. The number of phosphoric ester groups is 2. The van der Waals surface area contributed by atoms with Crippen LogP contribution >= 0.6 is 15.6 Å². The van der Waals surface area contributed by atoms with Crippen molar-refractivity contribution in [1.29, 1.82) is 0 Å². The van der Waals surface area contributed by atoms with E-state index in [2.05, 4.69) is 179 Å². The zero-order valence-corrected chi connectivity index (χ0v) is 73.0. The highest BCUT2D eigenvalue weighted by Crippen LogP contribution is 2.45. The molecule has 16 nitrogen and oxygen atoms in total. The Morgan fingerprint density at radius 3 is 0.743 bits per heavy atom. The molecule has 5 unspecified atom stereocenters. The van der Waals surface area contributed by atoms with Gasteiger partial charge in [-0.1, -0.05) is 352 Å². The summed E-state index contributed by atoms with van der Waals surface area (Å²) in [5.41, 5.74) is 0. The van der Waals surface area contributed by atoms with Crippen LogP contribution in [0.5, 0.6) is 0 Å². The number of esters is 3. The van der Waals surface area contributed by atoms with Gasteiger partial charge in [0.15, 0.2) is 6.10 Å². The average molecular weight is 1620 g/mol. The molecule has 0 saturated heterocycles. The normalized spacial score (nSPS) is 14.6. The van der Waals surface area contributed by atoms with Gasteiger partial charge in [0.2, 0.25) is 0 Å². The molecule has 0 bridgehead atoms. The van der Waals surface area contributed by atoms with Crippen molar-refractivity contribution in [1.82, 2.24) is 0 Å². The maximum atomic E-state index is 13.1. The van der Waals surface area contributed by atoms with E-state index >= 15 is 0 Å². The lowest BCUT2D eigenvalue weighted by Crippen LogP contribution is -2.30. The highest BCUT2D eigenvalue weighted by atomic mass is 31.2. The van der Waals surface area contributed by atoms with Crippen LogP contribution in [-0.4, -0.2) is 95.9 Å². The van der Waals surface area contributed by atoms with Crippen molar-refractivity contribution in [3.63, 3.8) is 0 Å². The third-order valence-electron chi connectivity index (χ3n) is 18.7. The van der Waals surface area contributed by atoms with Gasteiger partial charge in [-0.2, -0.15) is 0 Å². The Balaban J connectivity index is 4.62. The first-order valence-electron chi connectivity index (χ1n) is 44.8. The smallest absolute Gasteiger partial charge is 0.463 e. The van der Waals surface area contributed by atoms with Crippen molar-refractivity contribution in [3.8, 4) is 0 Å². The van der Waals surface area contributed by atoms with Crippen LogP contribution in [0, 0.1) is 0 Å². The summed E-state index contributed by atoms with van der Waals surface area (Å²) in [7, 11) is -9.82. The fourth-order valence-corrected chi connectivity index (χ4v) is 13.5. The van der Waals surface area contributed by atoms with E-state index in [1.807, 2.05) is 0 Å². The summed E-state index contributed by atoms with van der Waals surface area (Å²) < 4.78 is 61.4. The first-order valence-corrected chi connectivity index (χ1v) is 47.8. The Bertz CT molecular complexity index is 2680. The molecule has 5 atom stereocenters. The van der Waals surface area contributed by atoms with Crippen LogP contribution in [0.2, 0.25) is 0 Å². The number of rotatable bonds is 84. The molecule has 0 heterocycles. The van der Waals surface area contributed by atoms with E-state index in [1.165, 1.54) is 128 Å². The quantitative estimate of drug-likeness (QED) is 0.0146. The van der Waals surface area contributed by atoms with Gasteiger partial charge in [-0.15, -0.1) is 0 Å². The molecule has 0 spiro atoms. The predicted octanol–water partition coefficient (Wildman–Crippen LogP) is 27.3. The number of aliphatic hydroxyl groups excluding tert-OH is 2. The molecule has 0 aromatic rings. The topological polar surface area (TPSA) is 231 Å². The Labute approximate surface area is 689 Å². The van der Waals surface area contributed by atoms with E-state index < -0.39 is 91.5 Å². The second-order valence-electron chi connectivity index (χ2n) is 29.7. The van der Waals surface area contributed by atoms with Crippen molar-refractivity contribution in [2.75, 3.05) is 39.6 Å². The standard InChI is InChI=1S/C95H162O16P2/c1-4-7-10-13-16-19-22-25-28-31-34-37-40-41-42-43-44-45-46-47-50-52-54-57-60-63-66-69-72-75-78-81-93(98)105-84-90(96)85-107-112(101,102)108-86-91(97)87-109-113(103,104)110-89-92(111-95(100)83-80-77-74-71-68-65-62-59-56-53-49-39-36-33-30-27-24-21-18-15-12-9-6-3)88-106-94(99)82-79-76-73-70-67-64-61-58-55-51-48-38-35-32-29-26-23-20-17-14-11-8-5-2/h7,10,16-21,25-30,34-39,41-42,51,53,55-56,90-92,96-97H,4-6,8-9,11-15,22-24,31-33,40,43-50,52,54,57-89H2,1-3H3,(H,101,102)(H,103,104)/b10-7-,19-16-,20-17-,21-18-,28-25-,29-26-,30-27-,37-34-,38-35-,39-36-,42-41-,55-51-,56-53-. The van der Waals surface area contributed by atoms with Gasteiger partial charge in [-0.3, -0.25) is 32.5 Å². The summed E-state index contributed by atoms with van der Waals surface area (Å²) in [6.07, 6.45) is 110. The lowest BCUT2D eigenvalue weighted by atomic mass is 10.0. The van der Waals surface area contributed by atoms with E-state index in [9.17, 15) is 43.5 Å². The van der Waals surface area contributed by atoms with Crippen LogP contribution in [0.1, 0.15) is 367 Å². The Kier molecular flexibility index (Phi) is 82.8. The monoisotopic (exact) mass is 1620 g/mol. The van der Waals surface area contributed by atoms with E-state index in [1.54, 1.807) is 0 Å². The minimum Gasteiger partial charge on any atom is -0.463 e. The van der Waals surface area contributed by atoms with Crippen molar-refractivity contribution >= 4 is 33.6 Å². The SMILES string of the molecule is CC/C=C\C/C=C\C/C=C\C/C=C\C/C=C\CCCCCCCCCCCCCCCCCC(=O)OCC(O)COP(=O)(O)OCC(O)COP(=O)(O)OCC(COC(=O)CCCCCCCCC/C=C\C/C=C\C/C=C\C/C=C\CCCCC)OC(=O)CCCCCCCCC/C=C\C/C=C\C/C=C\C/C=C\CCCCC. The fraction of sp³-hybridized carbons (Fsp3) is 0.695. The minimum atomic E-state index is -4.95. The number of hydrogen-bond acceptors (Lipinski definition) is 14. The second-order valence-corrected chi connectivity index (χ2v) is 32.6. The van der Waals surface area contributed by atoms with E-state index in [0.29, 0.717) is 19.3 Å². The van der Waals surface area contributed by atoms with Crippen molar-refractivity contribution in [3.05, 3.63) is 158 Å². The summed E-state index contributed by atoms with van der Waals surface area (Å²) in [6.45, 7) is 2.52. The maximum Gasteiger partial charge on any atom is 0.472 e. The maximum absolute atomic E-state index is 13.1. The van der Waals surface area contributed by atoms with Crippen LogP contribution in [0.25, 0.3) is 0 Å². The van der Waals surface area contributed by atoms with Crippen molar-refractivity contribution in [2.45, 2.75) is 386 Å². The number of hydrogen-bond donors (Lipinski definition) is 4. The summed E-state index contributed by atoms with van der Waals surface area (Å²) in [6, 6.07) is 0. The summed E-state index contributed by atoms with van der Waals surface area (Å²) >= 11 is 0. The molecule has 18 heteroatoms. The van der Waals surface area contributed by atoms with Gasteiger partial charge in [-0.25, -0.2) is 9.13 Å². The third kappa shape index (κ3) is 87.8. The third-order valence-corrected chi connectivity index (χ3v) is 20.6. The Morgan fingerprint density at radius 1 is 0.257 bits per heavy atom. The van der Waals surface area contributed by atoms with Gasteiger partial charge in [0, 0.05) is 19.3 Å². The number of ether oxygens (including phenoxy) is 3. The minimum absolute atomic E-state index is 0.0858. The summed E-state index contributed by atoms with van der Waals surface area (Å²) in [5, 5.41) is 20.7. The van der Waals surface area contributed by atoms with E-state index in [4.69, 9.17) is 32.3 Å². The number of phosphoric acid groups is 2. The van der Waals surface area contributed by atoms with Crippen LogP contribution < -0.4 is 0 Å². The first kappa shape index (κ1) is 108.